The molecule has 0 amide bonds. The second-order valence-electron chi connectivity index (χ2n) is 8.11. The number of aliphatic hydroxyl groups excluding tert-OH is 2. The molecule has 11 nitrogen and oxygen atoms in total. The van der Waals surface area contributed by atoms with Gasteiger partial charge in [0.1, 0.15) is 23.3 Å². The molecule has 5 heterocycles. The van der Waals surface area contributed by atoms with Crippen LogP contribution in [0, 0.1) is 0 Å². The molecule has 0 fully saturated rings. The summed E-state index contributed by atoms with van der Waals surface area (Å²) >= 11 is 0. The molecule has 0 aliphatic heterocycles. The third-order valence-electron chi connectivity index (χ3n) is 5.95. The summed E-state index contributed by atoms with van der Waals surface area (Å²) in [5.41, 5.74) is 2.57. The number of rotatable bonds is 6. The number of aryl methyl sites for hydroxylation is 4. The van der Waals surface area contributed by atoms with Crippen LogP contribution >= 0.6 is 0 Å². The maximum Gasteiger partial charge on any atom is 0.154 e. The van der Waals surface area contributed by atoms with Crippen LogP contribution in [0.2, 0.25) is 0 Å². The summed E-state index contributed by atoms with van der Waals surface area (Å²) < 4.78 is 7.34. The van der Waals surface area contributed by atoms with Crippen LogP contribution < -0.4 is 0 Å². The molecule has 5 aromatic heterocycles. The highest BCUT2D eigenvalue weighted by Gasteiger charge is 2.32. The van der Waals surface area contributed by atoms with Crippen molar-refractivity contribution in [2.45, 2.75) is 12.7 Å². The molecular formula is C23H25N9O2. The van der Waals surface area contributed by atoms with E-state index >= 15 is 0 Å². The zero-order valence-corrected chi connectivity index (χ0v) is 19.3. The summed E-state index contributed by atoms with van der Waals surface area (Å²) in [6, 6.07) is 0. The van der Waals surface area contributed by atoms with Crippen molar-refractivity contribution in [1.82, 2.24) is 43.2 Å². The molecule has 11 heteroatoms. The molecule has 0 aromatic carbocycles. The molecule has 0 saturated carbocycles. The van der Waals surface area contributed by atoms with E-state index in [2.05, 4.69) is 19.9 Å². The predicted molar refractivity (Wildman–Crippen MR) is 124 cm³/mol. The highest BCUT2D eigenvalue weighted by Crippen LogP contribution is 2.43. The number of aliphatic hydroxyl groups is 2. The number of pyridine rings is 1. The molecule has 2 N–H and O–H groups in total. The van der Waals surface area contributed by atoms with Gasteiger partial charge in [-0.15, -0.1) is 0 Å². The lowest BCUT2D eigenvalue weighted by molar-refractivity contribution is 0.200. The Morgan fingerprint density at radius 2 is 1.15 bits per heavy atom. The van der Waals surface area contributed by atoms with Crippen LogP contribution in [-0.2, 0) is 34.8 Å². The molecule has 1 atom stereocenters. The van der Waals surface area contributed by atoms with Crippen LogP contribution in [0.4, 0.5) is 0 Å². The van der Waals surface area contributed by atoms with Gasteiger partial charge in [0.05, 0.1) is 29.1 Å². The topological polar surface area (TPSA) is 125 Å². The Kier molecular flexibility index (Phi) is 5.34. The van der Waals surface area contributed by atoms with Gasteiger partial charge < -0.3 is 28.5 Å². The van der Waals surface area contributed by atoms with Crippen molar-refractivity contribution in [1.29, 1.82) is 0 Å². The van der Waals surface area contributed by atoms with Crippen LogP contribution in [0.1, 0.15) is 23.3 Å². The van der Waals surface area contributed by atoms with Crippen molar-refractivity contribution < 1.29 is 10.2 Å². The molecule has 5 rings (SSSR count). The van der Waals surface area contributed by atoms with E-state index in [1.165, 1.54) is 0 Å². The Morgan fingerprint density at radius 3 is 1.59 bits per heavy atom. The fraction of sp³-hybridized carbons (Fsp3) is 0.261. The van der Waals surface area contributed by atoms with Gasteiger partial charge in [0, 0.05) is 83.3 Å². The number of hydrogen-bond donors (Lipinski definition) is 2. The third kappa shape index (κ3) is 3.33. The summed E-state index contributed by atoms with van der Waals surface area (Å²) in [5.74, 6) is 2.25. The lowest BCUT2D eigenvalue weighted by Crippen LogP contribution is -2.16. The van der Waals surface area contributed by atoms with E-state index in [9.17, 15) is 10.2 Å². The first-order valence-corrected chi connectivity index (χ1v) is 10.7. The molecule has 0 aliphatic carbocycles. The molecular weight excluding hydrogens is 434 g/mol. The molecule has 174 valence electrons. The zero-order valence-electron chi connectivity index (χ0n) is 19.3. The minimum atomic E-state index is -1.17. The van der Waals surface area contributed by atoms with Crippen molar-refractivity contribution in [3.05, 3.63) is 66.8 Å². The largest absolute Gasteiger partial charge is 0.390 e. The Labute approximate surface area is 195 Å². The average Bonchev–Trinajstić information content (AvgIpc) is 3.62. The fourth-order valence-corrected chi connectivity index (χ4v) is 4.24. The quantitative estimate of drug-likeness (QED) is 0.395. The van der Waals surface area contributed by atoms with Crippen molar-refractivity contribution >= 4 is 0 Å². The number of imidazole rings is 4. The predicted octanol–water partition coefficient (Wildman–Crippen LogP) is 1.59. The SMILES string of the molecule is Cn1ccnc1-c1c(CO)nc(C(O)c2nccn2C)c(-c2nccn2C)c1-c1nccn1C. The van der Waals surface area contributed by atoms with Gasteiger partial charge in [-0.3, -0.25) is 4.98 Å². The third-order valence-corrected chi connectivity index (χ3v) is 5.95. The van der Waals surface area contributed by atoms with Crippen LogP contribution in [0.5, 0.6) is 0 Å². The zero-order chi connectivity index (χ0) is 24.0. The molecule has 34 heavy (non-hydrogen) atoms. The number of aromatic nitrogens is 9. The lowest BCUT2D eigenvalue weighted by atomic mass is 9.93. The van der Waals surface area contributed by atoms with Gasteiger partial charge in [0.15, 0.2) is 6.10 Å². The number of hydrogen-bond acceptors (Lipinski definition) is 7. The van der Waals surface area contributed by atoms with Crippen molar-refractivity contribution in [2.75, 3.05) is 0 Å². The van der Waals surface area contributed by atoms with E-state index in [0.717, 1.165) is 0 Å². The van der Waals surface area contributed by atoms with Gasteiger partial charge in [-0.2, -0.15) is 0 Å². The van der Waals surface area contributed by atoms with Gasteiger partial charge >= 0.3 is 0 Å². The molecule has 0 spiro atoms. The van der Waals surface area contributed by atoms with E-state index in [1.807, 2.05) is 53.4 Å². The molecule has 0 radical (unpaired) electrons. The van der Waals surface area contributed by atoms with Gasteiger partial charge in [-0.25, -0.2) is 19.9 Å². The second-order valence-corrected chi connectivity index (χ2v) is 8.11. The normalized spacial score (nSPS) is 12.4. The summed E-state index contributed by atoms with van der Waals surface area (Å²) in [6.45, 7) is -0.360. The van der Waals surface area contributed by atoms with Crippen molar-refractivity contribution in [3.8, 4) is 34.2 Å². The van der Waals surface area contributed by atoms with Crippen molar-refractivity contribution in [2.24, 2.45) is 28.2 Å². The highest BCUT2D eigenvalue weighted by atomic mass is 16.3. The Balaban J connectivity index is 1.97. The van der Waals surface area contributed by atoms with Gasteiger partial charge in [0.2, 0.25) is 0 Å². The van der Waals surface area contributed by atoms with E-state index in [1.54, 1.807) is 42.6 Å². The minimum Gasteiger partial charge on any atom is -0.390 e. The van der Waals surface area contributed by atoms with Gasteiger partial charge in [-0.1, -0.05) is 0 Å². The standard InChI is InChI=1S/C23H25N9O2/c1-29-9-5-24-20(29)15-14(13-33)28-18(19(34)23-27-8-12-32(23)4)17(22-26-7-11-31(22)3)16(15)21-25-6-10-30(21)2/h5-12,19,33-34H,13H2,1-4H3. The number of nitrogens with zero attached hydrogens (tertiary/aromatic N) is 9. The summed E-state index contributed by atoms with van der Waals surface area (Å²) in [6.07, 6.45) is 12.8. The molecule has 0 bridgehead atoms. The van der Waals surface area contributed by atoms with Gasteiger partial charge in [0.25, 0.3) is 0 Å². The average molecular weight is 460 g/mol. The highest BCUT2D eigenvalue weighted by molar-refractivity contribution is 5.92. The van der Waals surface area contributed by atoms with E-state index in [-0.39, 0.29) is 6.61 Å². The van der Waals surface area contributed by atoms with E-state index < -0.39 is 6.10 Å². The van der Waals surface area contributed by atoms with Gasteiger partial charge in [-0.05, 0) is 0 Å². The smallest absolute Gasteiger partial charge is 0.154 e. The molecule has 5 aromatic rings. The summed E-state index contributed by atoms with van der Waals surface area (Å²) in [5, 5.41) is 21.9. The Morgan fingerprint density at radius 1 is 0.676 bits per heavy atom. The molecule has 0 aliphatic rings. The van der Waals surface area contributed by atoms with Crippen molar-refractivity contribution in [3.63, 3.8) is 0 Å². The van der Waals surface area contributed by atoms with Crippen LogP contribution in [0.3, 0.4) is 0 Å². The van der Waals surface area contributed by atoms with E-state index in [0.29, 0.717) is 51.4 Å². The first-order valence-electron chi connectivity index (χ1n) is 10.7. The molecule has 0 saturated heterocycles. The van der Waals surface area contributed by atoms with Crippen LogP contribution in [0.15, 0.2) is 49.6 Å². The van der Waals surface area contributed by atoms with Crippen LogP contribution in [-0.4, -0.2) is 53.4 Å². The lowest BCUT2D eigenvalue weighted by Gasteiger charge is -2.23. The summed E-state index contributed by atoms with van der Waals surface area (Å²) in [4.78, 5) is 22.9. The maximum atomic E-state index is 11.5. The minimum absolute atomic E-state index is 0.323. The Hall–Kier alpha value is -4.09. The Bertz CT molecular complexity index is 1470. The first-order chi connectivity index (χ1) is 16.4. The molecule has 1 unspecified atom stereocenters. The fourth-order valence-electron chi connectivity index (χ4n) is 4.24. The summed E-state index contributed by atoms with van der Waals surface area (Å²) in [7, 11) is 7.45. The first kappa shape index (κ1) is 21.7. The van der Waals surface area contributed by atoms with Crippen LogP contribution in [0.25, 0.3) is 34.2 Å². The monoisotopic (exact) mass is 459 g/mol. The van der Waals surface area contributed by atoms with E-state index in [4.69, 9.17) is 4.98 Å². The maximum absolute atomic E-state index is 11.5. The second kappa shape index (κ2) is 8.36.